The van der Waals surface area contributed by atoms with Crippen LogP contribution in [0.25, 0.3) is 0 Å². The topological polar surface area (TPSA) is 42.7 Å². The van der Waals surface area contributed by atoms with Crippen molar-refractivity contribution >= 4 is 0 Å². The molecule has 90 valence electrons. The van der Waals surface area contributed by atoms with Crippen molar-refractivity contribution in [2.24, 2.45) is 0 Å². The molecule has 1 aliphatic heterocycles. The number of aromatic nitrogens is 3. The number of rotatable bonds is 4. The van der Waals surface area contributed by atoms with E-state index in [9.17, 15) is 4.39 Å². The Balaban J connectivity index is 1.93. The Bertz CT molecular complexity index is 320. The summed E-state index contributed by atoms with van der Waals surface area (Å²) in [6, 6.07) is -0.00393. The molecule has 0 spiro atoms. The van der Waals surface area contributed by atoms with Crippen LogP contribution in [0.1, 0.15) is 32.0 Å². The van der Waals surface area contributed by atoms with E-state index in [4.69, 9.17) is 0 Å². The van der Waals surface area contributed by atoms with Gasteiger partial charge in [0.1, 0.15) is 18.3 Å². The molecule has 0 amide bonds. The highest BCUT2D eigenvalue weighted by Crippen LogP contribution is 2.15. The Kier molecular flexibility index (Phi) is 3.88. The maximum Gasteiger partial charge on any atom is 0.138 e. The van der Waals surface area contributed by atoms with Gasteiger partial charge in [0, 0.05) is 19.0 Å². The molecule has 0 radical (unpaired) electrons. The standard InChI is InChI=1S/C11H19FN4/c1-2-16-11(14-8-15-16)7-9(12)10-5-3-4-6-13-10/h8-10,13H,2-7H2,1H3. The summed E-state index contributed by atoms with van der Waals surface area (Å²) in [5, 5.41) is 7.29. The minimum absolute atomic E-state index is 0.00393. The molecule has 1 N–H and O–H groups in total. The first-order valence-corrected chi connectivity index (χ1v) is 6.05. The molecule has 2 atom stereocenters. The molecule has 0 bridgehead atoms. The first-order valence-electron chi connectivity index (χ1n) is 6.05. The molecule has 1 aromatic heterocycles. The van der Waals surface area contributed by atoms with Gasteiger partial charge in [-0.2, -0.15) is 5.10 Å². The number of nitrogens with one attached hydrogen (secondary N) is 1. The van der Waals surface area contributed by atoms with Gasteiger partial charge in [0.15, 0.2) is 0 Å². The zero-order chi connectivity index (χ0) is 11.4. The van der Waals surface area contributed by atoms with E-state index >= 15 is 0 Å². The van der Waals surface area contributed by atoms with Crippen molar-refractivity contribution < 1.29 is 4.39 Å². The highest BCUT2D eigenvalue weighted by atomic mass is 19.1. The van der Waals surface area contributed by atoms with Crippen LogP contribution in [0.4, 0.5) is 4.39 Å². The van der Waals surface area contributed by atoms with Crippen molar-refractivity contribution in [3.05, 3.63) is 12.2 Å². The van der Waals surface area contributed by atoms with Crippen LogP contribution in [-0.4, -0.2) is 33.5 Å². The fourth-order valence-corrected chi connectivity index (χ4v) is 2.21. The Labute approximate surface area is 95.3 Å². The summed E-state index contributed by atoms with van der Waals surface area (Å²) in [5.41, 5.74) is 0. The van der Waals surface area contributed by atoms with E-state index in [1.165, 1.54) is 6.33 Å². The van der Waals surface area contributed by atoms with E-state index in [-0.39, 0.29) is 6.04 Å². The molecule has 0 aromatic carbocycles. The highest BCUT2D eigenvalue weighted by Gasteiger charge is 2.24. The van der Waals surface area contributed by atoms with Gasteiger partial charge in [-0.25, -0.2) is 9.37 Å². The van der Waals surface area contributed by atoms with Gasteiger partial charge in [-0.1, -0.05) is 6.42 Å². The lowest BCUT2D eigenvalue weighted by Gasteiger charge is -2.26. The average Bonchev–Trinajstić information content (AvgIpc) is 2.77. The van der Waals surface area contributed by atoms with Crippen LogP contribution < -0.4 is 5.32 Å². The third kappa shape index (κ3) is 2.58. The summed E-state index contributed by atoms with van der Waals surface area (Å²) in [6.07, 6.45) is 4.23. The fourth-order valence-electron chi connectivity index (χ4n) is 2.21. The molecule has 0 aliphatic carbocycles. The lowest BCUT2D eigenvalue weighted by Crippen LogP contribution is -2.42. The smallest absolute Gasteiger partial charge is 0.138 e. The normalized spacial score (nSPS) is 23.2. The SMILES string of the molecule is CCn1ncnc1CC(F)C1CCCCN1. The Hall–Kier alpha value is -0.970. The first kappa shape index (κ1) is 11.5. The summed E-state index contributed by atoms with van der Waals surface area (Å²) >= 11 is 0. The molecule has 0 saturated carbocycles. The number of halogens is 1. The molecule has 16 heavy (non-hydrogen) atoms. The van der Waals surface area contributed by atoms with Crippen molar-refractivity contribution in [3.63, 3.8) is 0 Å². The number of aryl methyl sites for hydroxylation is 1. The van der Waals surface area contributed by atoms with Gasteiger partial charge < -0.3 is 5.32 Å². The van der Waals surface area contributed by atoms with Gasteiger partial charge in [-0.15, -0.1) is 0 Å². The lowest BCUT2D eigenvalue weighted by atomic mass is 9.99. The number of hydrogen-bond donors (Lipinski definition) is 1. The second-order valence-electron chi connectivity index (χ2n) is 4.27. The van der Waals surface area contributed by atoms with Crippen LogP contribution in [-0.2, 0) is 13.0 Å². The number of hydrogen-bond acceptors (Lipinski definition) is 3. The van der Waals surface area contributed by atoms with Crippen molar-refractivity contribution in [2.45, 2.75) is 51.4 Å². The summed E-state index contributed by atoms with van der Waals surface area (Å²) in [5.74, 6) is 0.752. The van der Waals surface area contributed by atoms with E-state index in [0.29, 0.717) is 6.42 Å². The number of piperidine rings is 1. The second-order valence-corrected chi connectivity index (χ2v) is 4.27. The van der Waals surface area contributed by atoms with Crippen LogP contribution in [0.2, 0.25) is 0 Å². The molecule has 5 heteroatoms. The van der Waals surface area contributed by atoms with Crippen LogP contribution in [0, 0.1) is 0 Å². The largest absolute Gasteiger partial charge is 0.311 e. The van der Waals surface area contributed by atoms with Crippen molar-refractivity contribution in [2.75, 3.05) is 6.54 Å². The summed E-state index contributed by atoms with van der Waals surface area (Å²) < 4.78 is 15.8. The zero-order valence-corrected chi connectivity index (χ0v) is 9.69. The fraction of sp³-hybridized carbons (Fsp3) is 0.818. The third-order valence-corrected chi connectivity index (χ3v) is 3.16. The maximum absolute atomic E-state index is 14.0. The van der Waals surface area contributed by atoms with E-state index in [1.54, 1.807) is 4.68 Å². The molecule has 1 aliphatic rings. The van der Waals surface area contributed by atoms with Crippen molar-refractivity contribution in [1.29, 1.82) is 0 Å². The minimum atomic E-state index is -0.852. The molecule has 1 aromatic rings. The van der Waals surface area contributed by atoms with E-state index in [1.807, 2.05) is 6.92 Å². The van der Waals surface area contributed by atoms with Crippen LogP contribution >= 0.6 is 0 Å². The Morgan fingerprint density at radius 3 is 3.19 bits per heavy atom. The Morgan fingerprint density at radius 2 is 2.50 bits per heavy atom. The van der Waals surface area contributed by atoms with Gasteiger partial charge in [0.2, 0.25) is 0 Å². The molecule has 4 nitrogen and oxygen atoms in total. The van der Waals surface area contributed by atoms with Crippen LogP contribution in [0.5, 0.6) is 0 Å². The number of nitrogens with zero attached hydrogens (tertiary/aromatic N) is 3. The molecule has 1 saturated heterocycles. The van der Waals surface area contributed by atoms with Gasteiger partial charge >= 0.3 is 0 Å². The van der Waals surface area contributed by atoms with E-state index < -0.39 is 6.17 Å². The predicted molar refractivity (Wildman–Crippen MR) is 59.9 cm³/mol. The minimum Gasteiger partial charge on any atom is -0.311 e. The average molecular weight is 226 g/mol. The molecule has 1 fully saturated rings. The quantitative estimate of drug-likeness (QED) is 0.842. The van der Waals surface area contributed by atoms with Crippen LogP contribution in [0.3, 0.4) is 0 Å². The molecule has 2 rings (SSSR count). The van der Waals surface area contributed by atoms with Gasteiger partial charge in [-0.3, -0.25) is 4.68 Å². The lowest BCUT2D eigenvalue weighted by molar-refractivity contribution is 0.212. The van der Waals surface area contributed by atoms with Crippen molar-refractivity contribution in [1.82, 2.24) is 20.1 Å². The Morgan fingerprint density at radius 1 is 1.62 bits per heavy atom. The molecular formula is C11H19FN4. The first-order chi connectivity index (χ1) is 7.81. The zero-order valence-electron chi connectivity index (χ0n) is 9.69. The van der Waals surface area contributed by atoms with E-state index in [2.05, 4.69) is 15.4 Å². The molecule has 2 unspecified atom stereocenters. The molecular weight excluding hydrogens is 207 g/mol. The molecule has 2 heterocycles. The summed E-state index contributed by atoms with van der Waals surface area (Å²) in [6.45, 7) is 3.68. The second kappa shape index (κ2) is 5.39. The summed E-state index contributed by atoms with van der Waals surface area (Å²) in [4.78, 5) is 4.11. The van der Waals surface area contributed by atoms with Gasteiger partial charge in [0.25, 0.3) is 0 Å². The highest BCUT2D eigenvalue weighted by molar-refractivity contribution is 4.92. The maximum atomic E-state index is 14.0. The number of alkyl halides is 1. The van der Waals surface area contributed by atoms with E-state index in [0.717, 1.165) is 38.2 Å². The summed E-state index contributed by atoms with van der Waals surface area (Å²) in [7, 11) is 0. The van der Waals surface area contributed by atoms with Gasteiger partial charge in [-0.05, 0) is 26.3 Å². The van der Waals surface area contributed by atoms with Crippen LogP contribution in [0.15, 0.2) is 6.33 Å². The predicted octanol–water partition coefficient (Wildman–Crippen LogP) is 1.32. The van der Waals surface area contributed by atoms with Crippen molar-refractivity contribution in [3.8, 4) is 0 Å². The third-order valence-electron chi connectivity index (χ3n) is 3.16. The monoisotopic (exact) mass is 226 g/mol. The van der Waals surface area contributed by atoms with Gasteiger partial charge in [0.05, 0.1) is 0 Å².